The highest BCUT2D eigenvalue weighted by Gasteiger charge is 2.22. The molecule has 78 valence electrons. The summed E-state index contributed by atoms with van der Waals surface area (Å²) in [6, 6.07) is 0. The van der Waals surface area contributed by atoms with Crippen molar-refractivity contribution in [2.24, 2.45) is 0 Å². The van der Waals surface area contributed by atoms with Crippen LogP contribution in [0, 0.1) is 0 Å². The highest BCUT2D eigenvalue weighted by molar-refractivity contribution is 4.70. The average Bonchev–Trinajstić information content (AvgIpc) is 2.19. The predicted molar refractivity (Wildman–Crippen MR) is 47.7 cm³/mol. The lowest BCUT2D eigenvalue weighted by Crippen LogP contribution is -2.38. The van der Waals surface area contributed by atoms with Crippen LogP contribution < -0.4 is 0 Å². The molecule has 1 heterocycles. The summed E-state index contributed by atoms with van der Waals surface area (Å²) >= 11 is 0. The standard InChI is InChI=1S/C9H18O4/c1-11-4-2-3-8(10)9-7-12-5-6-13-9/h8-10H,2-7H2,1H3. The topological polar surface area (TPSA) is 47.9 Å². The molecular weight excluding hydrogens is 172 g/mol. The number of hydrogen-bond acceptors (Lipinski definition) is 4. The summed E-state index contributed by atoms with van der Waals surface area (Å²) in [7, 11) is 1.66. The molecule has 1 saturated heterocycles. The molecule has 2 unspecified atom stereocenters. The summed E-state index contributed by atoms with van der Waals surface area (Å²) in [4.78, 5) is 0. The van der Waals surface area contributed by atoms with Gasteiger partial charge in [-0.25, -0.2) is 0 Å². The van der Waals surface area contributed by atoms with Crippen LogP contribution in [0.4, 0.5) is 0 Å². The lowest BCUT2D eigenvalue weighted by Gasteiger charge is -2.27. The summed E-state index contributed by atoms with van der Waals surface area (Å²) in [5.41, 5.74) is 0. The first kappa shape index (κ1) is 10.9. The molecule has 1 aliphatic rings. The number of ether oxygens (including phenoxy) is 3. The highest BCUT2D eigenvalue weighted by Crippen LogP contribution is 2.10. The molecule has 1 aliphatic heterocycles. The summed E-state index contributed by atoms with van der Waals surface area (Å²) in [5, 5.41) is 9.64. The fraction of sp³-hybridized carbons (Fsp3) is 1.00. The second kappa shape index (κ2) is 6.32. The third-order valence-corrected chi connectivity index (χ3v) is 2.12. The van der Waals surface area contributed by atoms with Gasteiger partial charge in [0.05, 0.1) is 25.9 Å². The molecule has 0 aliphatic carbocycles. The fourth-order valence-electron chi connectivity index (χ4n) is 1.35. The van der Waals surface area contributed by atoms with Gasteiger partial charge in [0.15, 0.2) is 0 Å². The SMILES string of the molecule is COCCCC(O)C1COCCO1. The van der Waals surface area contributed by atoms with Crippen molar-refractivity contribution in [3.8, 4) is 0 Å². The van der Waals surface area contributed by atoms with Gasteiger partial charge >= 0.3 is 0 Å². The van der Waals surface area contributed by atoms with Gasteiger partial charge in [-0.05, 0) is 12.8 Å². The zero-order chi connectivity index (χ0) is 9.52. The maximum absolute atomic E-state index is 9.64. The minimum Gasteiger partial charge on any atom is -0.390 e. The quantitative estimate of drug-likeness (QED) is 0.629. The van der Waals surface area contributed by atoms with Gasteiger partial charge in [-0.2, -0.15) is 0 Å². The van der Waals surface area contributed by atoms with Crippen molar-refractivity contribution in [1.29, 1.82) is 0 Å². The van der Waals surface area contributed by atoms with Crippen molar-refractivity contribution in [2.75, 3.05) is 33.5 Å². The largest absolute Gasteiger partial charge is 0.390 e. The van der Waals surface area contributed by atoms with Crippen LogP contribution in [-0.2, 0) is 14.2 Å². The Hall–Kier alpha value is -0.160. The first-order valence-corrected chi connectivity index (χ1v) is 4.71. The van der Waals surface area contributed by atoms with Gasteiger partial charge < -0.3 is 19.3 Å². The van der Waals surface area contributed by atoms with Gasteiger partial charge in [0.25, 0.3) is 0 Å². The lowest BCUT2D eigenvalue weighted by atomic mass is 10.1. The van der Waals surface area contributed by atoms with Crippen LogP contribution in [0.2, 0.25) is 0 Å². The van der Waals surface area contributed by atoms with Crippen molar-refractivity contribution in [2.45, 2.75) is 25.0 Å². The van der Waals surface area contributed by atoms with Crippen LogP contribution in [-0.4, -0.2) is 50.9 Å². The van der Waals surface area contributed by atoms with Crippen molar-refractivity contribution >= 4 is 0 Å². The molecule has 0 aromatic heterocycles. The van der Waals surface area contributed by atoms with E-state index in [0.29, 0.717) is 32.8 Å². The van der Waals surface area contributed by atoms with Crippen LogP contribution >= 0.6 is 0 Å². The molecule has 4 heteroatoms. The molecule has 0 spiro atoms. The fourth-order valence-corrected chi connectivity index (χ4v) is 1.35. The number of rotatable bonds is 5. The Bertz CT molecular complexity index is 123. The monoisotopic (exact) mass is 190 g/mol. The maximum atomic E-state index is 9.64. The van der Waals surface area contributed by atoms with Gasteiger partial charge in [-0.3, -0.25) is 0 Å². The van der Waals surface area contributed by atoms with Crippen molar-refractivity contribution < 1.29 is 19.3 Å². The third-order valence-electron chi connectivity index (χ3n) is 2.12. The highest BCUT2D eigenvalue weighted by atomic mass is 16.6. The zero-order valence-corrected chi connectivity index (χ0v) is 8.07. The van der Waals surface area contributed by atoms with Crippen LogP contribution in [0.1, 0.15) is 12.8 Å². The Labute approximate surface area is 78.8 Å². The van der Waals surface area contributed by atoms with E-state index in [1.54, 1.807) is 7.11 Å². The van der Waals surface area contributed by atoms with Crippen LogP contribution in [0.3, 0.4) is 0 Å². The summed E-state index contributed by atoms with van der Waals surface area (Å²) in [6.07, 6.45) is 1.00. The van der Waals surface area contributed by atoms with E-state index in [1.807, 2.05) is 0 Å². The van der Waals surface area contributed by atoms with Crippen LogP contribution in [0.15, 0.2) is 0 Å². The van der Waals surface area contributed by atoms with E-state index in [0.717, 1.165) is 6.42 Å². The number of methoxy groups -OCH3 is 1. The van der Waals surface area contributed by atoms with Gasteiger partial charge in [0, 0.05) is 13.7 Å². The number of aliphatic hydroxyl groups excluding tert-OH is 1. The van der Waals surface area contributed by atoms with Gasteiger partial charge in [0.2, 0.25) is 0 Å². The van der Waals surface area contributed by atoms with E-state index in [1.165, 1.54) is 0 Å². The molecule has 4 nitrogen and oxygen atoms in total. The van der Waals surface area contributed by atoms with Crippen molar-refractivity contribution in [3.05, 3.63) is 0 Å². The van der Waals surface area contributed by atoms with E-state index in [-0.39, 0.29) is 6.10 Å². The smallest absolute Gasteiger partial charge is 0.107 e. The molecule has 0 amide bonds. The Balaban J connectivity index is 2.09. The first-order valence-electron chi connectivity index (χ1n) is 4.71. The molecular formula is C9H18O4. The third kappa shape index (κ3) is 4.04. The minimum atomic E-state index is -0.421. The zero-order valence-electron chi connectivity index (χ0n) is 8.07. The Morgan fingerprint density at radius 2 is 2.38 bits per heavy atom. The normalized spacial score (nSPS) is 25.8. The Kier molecular flexibility index (Phi) is 5.31. The molecule has 0 aromatic carbocycles. The first-order chi connectivity index (χ1) is 6.34. The number of hydrogen-bond donors (Lipinski definition) is 1. The van der Waals surface area contributed by atoms with Crippen molar-refractivity contribution in [3.63, 3.8) is 0 Å². The van der Waals surface area contributed by atoms with E-state index in [2.05, 4.69) is 0 Å². The van der Waals surface area contributed by atoms with Gasteiger partial charge in [0.1, 0.15) is 6.10 Å². The van der Waals surface area contributed by atoms with Gasteiger partial charge in [-0.1, -0.05) is 0 Å². The summed E-state index contributed by atoms with van der Waals surface area (Å²) < 4.78 is 15.4. The maximum Gasteiger partial charge on any atom is 0.107 e. The van der Waals surface area contributed by atoms with Crippen molar-refractivity contribution in [1.82, 2.24) is 0 Å². The average molecular weight is 190 g/mol. The van der Waals surface area contributed by atoms with E-state index in [9.17, 15) is 5.11 Å². The van der Waals surface area contributed by atoms with E-state index in [4.69, 9.17) is 14.2 Å². The lowest BCUT2D eigenvalue weighted by molar-refractivity contribution is -0.134. The number of aliphatic hydroxyl groups is 1. The molecule has 0 radical (unpaired) electrons. The molecule has 1 rings (SSSR count). The molecule has 2 atom stereocenters. The van der Waals surface area contributed by atoms with E-state index < -0.39 is 6.10 Å². The molecule has 0 aromatic rings. The summed E-state index contributed by atoms with van der Waals surface area (Å²) in [6.45, 7) is 2.42. The minimum absolute atomic E-state index is 0.148. The predicted octanol–water partition coefficient (Wildman–Crippen LogP) is 0.189. The summed E-state index contributed by atoms with van der Waals surface area (Å²) in [5.74, 6) is 0. The Morgan fingerprint density at radius 1 is 1.54 bits per heavy atom. The Morgan fingerprint density at radius 3 is 3.00 bits per heavy atom. The molecule has 0 saturated carbocycles. The second-order valence-electron chi connectivity index (χ2n) is 3.19. The van der Waals surface area contributed by atoms with Crippen LogP contribution in [0.25, 0.3) is 0 Å². The second-order valence-corrected chi connectivity index (χ2v) is 3.19. The van der Waals surface area contributed by atoms with E-state index >= 15 is 0 Å². The molecule has 1 N–H and O–H groups in total. The molecule has 1 fully saturated rings. The van der Waals surface area contributed by atoms with Crippen LogP contribution in [0.5, 0.6) is 0 Å². The molecule has 0 bridgehead atoms. The van der Waals surface area contributed by atoms with Gasteiger partial charge in [-0.15, -0.1) is 0 Å². The molecule has 13 heavy (non-hydrogen) atoms.